The molecule has 372 valence electrons. The minimum Gasteiger partial charge on any atom is -0.484 e. The lowest BCUT2D eigenvalue weighted by molar-refractivity contribution is -0.151. The first-order valence-electron chi connectivity index (χ1n) is 19.5. The fourth-order valence-corrected chi connectivity index (χ4v) is 14.4. The molecule has 7 rings (SSSR count). The van der Waals surface area contributed by atoms with Crippen molar-refractivity contribution >= 4 is 82.9 Å². The summed E-state index contributed by atoms with van der Waals surface area (Å²) in [5.74, 6) is -16.1. The van der Waals surface area contributed by atoms with Gasteiger partial charge in [-0.05, 0) is 0 Å². The van der Waals surface area contributed by atoms with Crippen LogP contribution in [0.15, 0.2) is 52.0 Å². The van der Waals surface area contributed by atoms with E-state index in [9.17, 15) is 99.0 Å². The number of aliphatic carboxylic acids is 3. The van der Waals surface area contributed by atoms with Crippen LogP contribution in [0.2, 0.25) is 0 Å². The highest BCUT2D eigenvalue weighted by Crippen LogP contribution is 2.39. The molecule has 0 radical (unpaired) electrons. The van der Waals surface area contributed by atoms with Gasteiger partial charge in [0.15, 0.2) is 65.5 Å². The Hall–Kier alpha value is -7.20. The third-order valence-corrected chi connectivity index (χ3v) is 17.1. The minimum atomic E-state index is -4.35. The molecule has 0 spiro atoms. The molecule has 3 saturated heterocycles. The molecule has 0 aromatic heterocycles. The van der Waals surface area contributed by atoms with E-state index in [1.54, 1.807) is 0 Å². The number of carbonyl (C=O) groups excluding carboxylic acids is 6. The van der Waals surface area contributed by atoms with Crippen LogP contribution in [0, 0.1) is 0 Å². The lowest BCUT2D eigenvalue weighted by atomic mass is 10.0. The summed E-state index contributed by atoms with van der Waals surface area (Å²) in [5.41, 5.74) is -3.74. The molecule has 69 heavy (non-hydrogen) atoms. The summed E-state index contributed by atoms with van der Waals surface area (Å²) >= 11 is 0. The largest absolute Gasteiger partial charge is 0.484 e. The molecule has 33 heteroatoms. The van der Waals surface area contributed by atoms with Gasteiger partial charge in [0, 0.05) is 34.9 Å². The number of hydrogen-bond donors (Lipinski definition) is 9. The molecule has 6 aliphatic heterocycles. The number of β-lactam (4-membered cyclic amide) rings is 3. The Kier molecular flexibility index (Phi) is 13.0. The van der Waals surface area contributed by atoms with Crippen LogP contribution in [0.5, 0.6) is 17.2 Å². The first-order valence-corrected chi connectivity index (χ1v) is 24.7. The highest BCUT2D eigenvalue weighted by molar-refractivity contribution is 7.93. The van der Waals surface area contributed by atoms with E-state index < -0.39 is 208 Å². The van der Waals surface area contributed by atoms with Crippen molar-refractivity contribution in [3.05, 3.63) is 52.0 Å². The Bertz CT molecular complexity index is 2660. The third kappa shape index (κ3) is 8.77. The minimum absolute atomic E-state index is 0.384. The number of sulfone groups is 3. The summed E-state index contributed by atoms with van der Waals surface area (Å²) in [6.45, 7) is -6.07. The molecule has 0 bridgehead atoms. The molecule has 1 aromatic carbocycles. The summed E-state index contributed by atoms with van der Waals surface area (Å²) in [4.78, 5) is 114. The molecule has 6 aliphatic rings. The second-order valence-corrected chi connectivity index (χ2v) is 21.9. The van der Waals surface area contributed by atoms with Crippen LogP contribution < -0.4 is 30.2 Å². The SMILES string of the molecule is O=C(COc1cc(OCC(=O)N[C@@H]2C(=O)N3C(C(=O)O)=C(CO)CS(=O)(=O)[C@H]23)cc(OCC(=O)N[C@@H]2C(=O)N3C(C(=O)O)=C(CO)CS(=O)(=O)[C@H]23)c1)N[C@@H]1C(=O)N2C(C(=O)O)=C(CO)CS(=O)(=O)[C@H]12. The quantitative estimate of drug-likeness (QED) is 0.0617. The van der Waals surface area contributed by atoms with Crippen molar-refractivity contribution in [3.8, 4) is 17.2 Å². The van der Waals surface area contributed by atoms with Crippen molar-refractivity contribution in [1.29, 1.82) is 0 Å². The Balaban J connectivity index is 1.05. The molecule has 0 saturated carbocycles. The predicted molar refractivity (Wildman–Crippen MR) is 217 cm³/mol. The van der Waals surface area contributed by atoms with Crippen molar-refractivity contribution in [3.63, 3.8) is 0 Å². The molecule has 6 heterocycles. The standard InChI is InChI=1S/C36H36N6O24S3/c43-4-13-10-67(58,59)31-22(28(49)40(31)25(13)34(52)53)37-19(46)7-64-16-1-17(65-8-20(47)38-23-29(50)41-26(35(54)55)14(5-44)11-68(60,61)32(23)41)3-18(2-16)66-9-21(48)39-24-30(51)42-27(36(56)57)15(6-45)12-69(62,63)33(24)42/h1-3,22-24,31-33,43-45H,4-12H2,(H,37,46)(H,38,47)(H,39,48)(H,52,53)(H,54,55)(H,56,57)/t22-,23-,24-,31-,32-,33-/m1/s1. The molecule has 30 nitrogen and oxygen atoms in total. The van der Waals surface area contributed by atoms with Gasteiger partial charge in [0.2, 0.25) is 0 Å². The lowest BCUT2D eigenvalue weighted by Crippen LogP contribution is -2.75. The lowest BCUT2D eigenvalue weighted by Gasteiger charge is -2.48. The number of nitrogens with one attached hydrogen (secondary N) is 3. The maximum Gasteiger partial charge on any atom is 0.352 e. The van der Waals surface area contributed by atoms with E-state index >= 15 is 0 Å². The number of hydrogen-bond acceptors (Lipinski definition) is 21. The molecule has 3 fully saturated rings. The van der Waals surface area contributed by atoms with Crippen LogP contribution in [0.4, 0.5) is 0 Å². The summed E-state index contributed by atoms with van der Waals surface area (Å²) < 4.78 is 94.0. The monoisotopic (exact) mass is 1030 g/mol. The molecule has 0 aliphatic carbocycles. The Morgan fingerprint density at radius 3 is 0.913 bits per heavy atom. The van der Waals surface area contributed by atoms with Crippen molar-refractivity contribution in [2.24, 2.45) is 0 Å². The molecule has 9 N–H and O–H groups in total. The summed E-state index contributed by atoms with van der Waals surface area (Å²) in [6.07, 6.45) is 0. The Morgan fingerprint density at radius 2 is 0.710 bits per heavy atom. The van der Waals surface area contributed by atoms with Crippen molar-refractivity contribution < 1.29 is 113 Å². The Morgan fingerprint density at radius 1 is 0.478 bits per heavy atom. The second-order valence-electron chi connectivity index (χ2n) is 15.6. The predicted octanol–water partition coefficient (Wildman–Crippen LogP) is -7.94. The van der Waals surface area contributed by atoms with Gasteiger partial charge in [-0.3, -0.25) is 43.5 Å². The van der Waals surface area contributed by atoms with Crippen LogP contribution in [-0.2, 0) is 72.7 Å². The fourth-order valence-electron chi connectivity index (χ4n) is 8.32. The molecular weight excluding hydrogens is 997 g/mol. The number of rotatable bonds is 18. The van der Waals surface area contributed by atoms with Crippen molar-refractivity contribution in [1.82, 2.24) is 30.7 Å². The van der Waals surface area contributed by atoms with Gasteiger partial charge in [0.25, 0.3) is 35.4 Å². The molecule has 6 atom stereocenters. The average molecular weight is 1030 g/mol. The molecule has 0 unspecified atom stereocenters. The normalized spacial score (nSPS) is 26.0. The third-order valence-electron chi connectivity index (χ3n) is 11.2. The highest BCUT2D eigenvalue weighted by Gasteiger charge is 2.63. The van der Waals surface area contributed by atoms with E-state index in [1.165, 1.54) is 0 Å². The summed E-state index contributed by atoms with van der Waals surface area (Å²) in [5, 5.41) is 58.1. The number of nitrogens with zero attached hydrogens (tertiary/aromatic N) is 3. The fraction of sp³-hybridized carbons (Fsp3) is 0.417. The zero-order chi connectivity index (χ0) is 50.8. The zero-order valence-corrected chi connectivity index (χ0v) is 37.1. The second kappa shape index (κ2) is 18.0. The number of carboxylic acids is 3. The molecule has 6 amide bonds. The number of fused-ring (bicyclic) bond motifs is 3. The van der Waals surface area contributed by atoms with E-state index in [4.69, 9.17) is 14.2 Å². The average Bonchev–Trinajstić information content (AvgIpc) is 3.27. The molecular formula is C36H36N6O24S3. The topological polar surface area (TPSA) is 451 Å². The number of ether oxygens (including phenoxy) is 3. The number of benzene rings is 1. The van der Waals surface area contributed by atoms with Crippen molar-refractivity contribution in [2.75, 3.05) is 56.9 Å². The van der Waals surface area contributed by atoms with Crippen LogP contribution in [0.3, 0.4) is 0 Å². The Labute approximate surface area is 386 Å². The maximum absolute atomic E-state index is 13.0. The van der Waals surface area contributed by atoms with E-state index in [1.807, 2.05) is 0 Å². The first-order chi connectivity index (χ1) is 32.3. The highest BCUT2D eigenvalue weighted by atomic mass is 32.2. The van der Waals surface area contributed by atoms with Gasteiger partial charge in [-0.25, -0.2) is 39.6 Å². The number of carbonyl (C=O) groups is 9. The summed E-state index contributed by atoms with van der Waals surface area (Å²) in [6, 6.07) is -2.39. The van der Waals surface area contributed by atoms with E-state index in [2.05, 4.69) is 16.0 Å². The van der Waals surface area contributed by atoms with Gasteiger partial charge in [-0.1, -0.05) is 0 Å². The van der Waals surface area contributed by atoms with Gasteiger partial charge in [-0.15, -0.1) is 0 Å². The maximum atomic E-state index is 13.0. The van der Waals surface area contributed by atoms with Gasteiger partial charge in [0.05, 0.1) is 37.1 Å². The van der Waals surface area contributed by atoms with Gasteiger partial charge in [-0.2, -0.15) is 0 Å². The van der Waals surface area contributed by atoms with Crippen molar-refractivity contribution in [2.45, 2.75) is 34.2 Å². The van der Waals surface area contributed by atoms with Gasteiger partial charge >= 0.3 is 17.9 Å². The van der Waals surface area contributed by atoms with Crippen LogP contribution in [0.1, 0.15) is 0 Å². The van der Waals surface area contributed by atoms with Crippen LogP contribution in [-0.4, -0.2) is 215 Å². The summed E-state index contributed by atoms with van der Waals surface area (Å²) in [7, 11) is -13.0. The molecule has 1 aromatic rings. The van der Waals surface area contributed by atoms with E-state index in [0.29, 0.717) is 14.7 Å². The van der Waals surface area contributed by atoms with Crippen LogP contribution in [0.25, 0.3) is 0 Å². The number of aliphatic hydroxyl groups is 3. The van der Waals surface area contributed by atoms with E-state index in [0.717, 1.165) is 18.2 Å². The van der Waals surface area contributed by atoms with Crippen LogP contribution >= 0.6 is 0 Å². The zero-order valence-electron chi connectivity index (χ0n) is 34.7. The number of aliphatic hydroxyl groups excluding tert-OH is 3. The van der Waals surface area contributed by atoms with E-state index in [-0.39, 0.29) is 17.2 Å². The number of carboxylic acid groups (broad SMARTS) is 3. The number of amides is 6. The van der Waals surface area contributed by atoms with Gasteiger partial charge < -0.3 is 60.8 Å². The van der Waals surface area contributed by atoms with Gasteiger partial charge in [0.1, 0.15) is 52.5 Å². The first kappa shape index (κ1) is 49.7. The smallest absolute Gasteiger partial charge is 0.352 e.